The van der Waals surface area contributed by atoms with Gasteiger partial charge in [0.05, 0.1) is 0 Å². The van der Waals surface area contributed by atoms with Crippen molar-refractivity contribution in [2.24, 2.45) is 29.4 Å². The minimum absolute atomic E-state index is 0.199. The highest BCUT2D eigenvalue weighted by Gasteiger charge is 2.39. The van der Waals surface area contributed by atoms with Crippen LogP contribution < -0.4 is 11.1 Å². The maximum absolute atomic E-state index is 11.8. The van der Waals surface area contributed by atoms with Gasteiger partial charge in [-0.25, -0.2) is 0 Å². The van der Waals surface area contributed by atoms with Crippen molar-refractivity contribution in [3.05, 3.63) is 0 Å². The predicted octanol–water partition coefficient (Wildman–Crippen LogP) is 1.91. The Morgan fingerprint density at radius 1 is 1.41 bits per heavy atom. The Kier molecular flexibility index (Phi) is 4.43. The van der Waals surface area contributed by atoms with E-state index in [0.717, 1.165) is 30.7 Å². The molecule has 2 bridgehead atoms. The van der Waals surface area contributed by atoms with Gasteiger partial charge in [-0.2, -0.15) is 0 Å². The average Bonchev–Trinajstić information content (AvgIpc) is 2.95. The van der Waals surface area contributed by atoms with E-state index in [0.29, 0.717) is 18.9 Å². The predicted molar refractivity (Wildman–Crippen MR) is 69.4 cm³/mol. The van der Waals surface area contributed by atoms with Crippen LogP contribution in [0.3, 0.4) is 0 Å². The van der Waals surface area contributed by atoms with Gasteiger partial charge in [0.25, 0.3) is 0 Å². The lowest BCUT2D eigenvalue weighted by Crippen LogP contribution is -2.33. The van der Waals surface area contributed by atoms with E-state index in [9.17, 15) is 4.79 Å². The summed E-state index contributed by atoms with van der Waals surface area (Å²) in [6, 6.07) is 0. The third-order valence-electron chi connectivity index (χ3n) is 4.83. The standard InChI is InChI=1S/C14H26N2O/c1-2-10(8-15)7-14(17)16-9-13-6-11-3-4-12(13)5-11/h10-13H,2-9,15H2,1H3,(H,16,17). The summed E-state index contributed by atoms with van der Waals surface area (Å²) in [5, 5.41) is 3.11. The van der Waals surface area contributed by atoms with E-state index in [-0.39, 0.29) is 5.91 Å². The molecule has 2 aliphatic rings. The maximum Gasteiger partial charge on any atom is 0.220 e. The Morgan fingerprint density at radius 2 is 2.24 bits per heavy atom. The van der Waals surface area contributed by atoms with Crippen LogP contribution in [-0.2, 0) is 4.79 Å². The summed E-state index contributed by atoms with van der Waals surface area (Å²) in [4.78, 5) is 11.8. The van der Waals surface area contributed by atoms with Crippen LogP contribution in [0.5, 0.6) is 0 Å². The number of amides is 1. The fraction of sp³-hybridized carbons (Fsp3) is 0.929. The van der Waals surface area contributed by atoms with E-state index >= 15 is 0 Å². The molecule has 1 amide bonds. The Labute approximate surface area is 105 Å². The second-order valence-corrected chi connectivity index (χ2v) is 5.95. The van der Waals surface area contributed by atoms with Crippen LogP contribution in [0.2, 0.25) is 0 Å². The SMILES string of the molecule is CCC(CN)CC(=O)NCC1CC2CCC1C2. The zero-order chi connectivity index (χ0) is 12.3. The molecule has 0 heterocycles. The first-order chi connectivity index (χ1) is 8.22. The molecule has 0 aliphatic heterocycles. The van der Waals surface area contributed by atoms with E-state index < -0.39 is 0 Å². The molecule has 0 saturated heterocycles. The van der Waals surface area contributed by atoms with E-state index in [4.69, 9.17) is 5.73 Å². The first-order valence-electron chi connectivity index (χ1n) is 7.19. The number of carbonyl (C=O) groups excluding carboxylic acids is 1. The summed E-state index contributed by atoms with van der Waals surface area (Å²) in [7, 11) is 0. The number of hydrogen-bond acceptors (Lipinski definition) is 2. The molecule has 98 valence electrons. The van der Waals surface area contributed by atoms with Gasteiger partial charge in [0, 0.05) is 13.0 Å². The first-order valence-corrected chi connectivity index (χ1v) is 7.19. The van der Waals surface area contributed by atoms with Crippen molar-refractivity contribution >= 4 is 5.91 Å². The molecule has 17 heavy (non-hydrogen) atoms. The zero-order valence-corrected chi connectivity index (χ0v) is 11.0. The fourth-order valence-electron chi connectivity index (χ4n) is 3.60. The van der Waals surface area contributed by atoms with E-state index in [1.165, 1.54) is 25.7 Å². The van der Waals surface area contributed by atoms with Crippen LogP contribution in [0.1, 0.15) is 45.4 Å². The molecule has 3 N–H and O–H groups in total. The van der Waals surface area contributed by atoms with Crippen molar-refractivity contribution in [1.29, 1.82) is 0 Å². The molecule has 4 unspecified atom stereocenters. The summed E-state index contributed by atoms with van der Waals surface area (Å²) in [6.45, 7) is 3.62. The number of fused-ring (bicyclic) bond motifs is 2. The molecule has 0 radical (unpaired) electrons. The molecule has 0 spiro atoms. The van der Waals surface area contributed by atoms with Gasteiger partial charge in [-0.3, -0.25) is 4.79 Å². The van der Waals surface area contributed by atoms with Crippen molar-refractivity contribution in [1.82, 2.24) is 5.32 Å². The molecule has 2 fully saturated rings. The summed E-state index contributed by atoms with van der Waals surface area (Å²) >= 11 is 0. The molecule has 3 heteroatoms. The van der Waals surface area contributed by atoms with Crippen LogP contribution in [0.4, 0.5) is 0 Å². The zero-order valence-electron chi connectivity index (χ0n) is 11.0. The molecule has 0 aromatic heterocycles. The highest BCUT2D eigenvalue weighted by atomic mass is 16.1. The van der Waals surface area contributed by atoms with Crippen molar-refractivity contribution < 1.29 is 4.79 Å². The Bertz CT molecular complexity index is 263. The van der Waals surface area contributed by atoms with Crippen LogP contribution in [0.15, 0.2) is 0 Å². The Morgan fingerprint density at radius 3 is 2.76 bits per heavy atom. The number of hydrogen-bond donors (Lipinski definition) is 2. The average molecular weight is 238 g/mol. The monoisotopic (exact) mass is 238 g/mol. The highest BCUT2D eigenvalue weighted by molar-refractivity contribution is 5.76. The van der Waals surface area contributed by atoms with E-state index in [2.05, 4.69) is 12.2 Å². The molecule has 2 aliphatic carbocycles. The largest absolute Gasteiger partial charge is 0.356 e. The molecule has 0 aromatic carbocycles. The van der Waals surface area contributed by atoms with Gasteiger partial charge >= 0.3 is 0 Å². The van der Waals surface area contributed by atoms with Crippen LogP contribution in [0, 0.1) is 23.7 Å². The lowest BCUT2D eigenvalue weighted by atomic mass is 9.89. The summed E-state index contributed by atoms with van der Waals surface area (Å²) in [5.41, 5.74) is 5.62. The van der Waals surface area contributed by atoms with Gasteiger partial charge in [0.1, 0.15) is 0 Å². The molecule has 0 aromatic rings. The lowest BCUT2D eigenvalue weighted by Gasteiger charge is -2.22. The topological polar surface area (TPSA) is 55.1 Å². The molecule has 3 nitrogen and oxygen atoms in total. The molecule has 2 saturated carbocycles. The van der Waals surface area contributed by atoms with Gasteiger partial charge in [-0.1, -0.05) is 19.8 Å². The minimum Gasteiger partial charge on any atom is -0.356 e. The Balaban J connectivity index is 1.66. The van der Waals surface area contributed by atoms with E-state index in [1.807, 2.05) is 0 Å². The maximum atomic E-state index is 11.8. The normalized spacial score (nSPS) is 32.7. The van der Waals surface area contributed by atoms with Crippen LogP contribution in [0.25, 0.3) is 0 Å². The summed E-state index contributed by atoms with van der Waals surface area (Å²) < 4.78 is 0. The Hall–Kier alpha value is -0.570. The van der Waals surface area contributed by atoms with Gasteiger partial charge in [0.15, 0.2) is 0 Å². The van der Waals surface area contributed by atoms with Crippen LogP contribution >= 0.6 is 0 Å². The quantitative estimate of drug-likeness (QED) is 0.742. The number of nitrogens with two attached hydrogens (primary N) is 1. The van der Waals surface area contributed by atoms with Gasteiger partial charge in [0.2, 0.25) is 5.91 Å². The van der Waals surface area contributed by atoms with Crippen molar-refractivity contribution in [3.63, 3.8) is 0 Å². The molecule has 2 rings (SSSR count). The number of carbonyl (C=O) groups is 1. The number of nitrogens with one attached hydrogen (secondary N) is 1. The molecule has 4 atom stereocenters. The smallest absolute Gasteiger partial charge is 0.220 e. The van der Waals surface area contributed by atoms with Crippen molar-refractivity contribution in [2.45, 2.75) is 45.4 Å². The minimum atomic E-state index is 0.199. The second kappa shape index (κ2) is 5.85. The summed E-state index contributed by atoms with van der Waals surface area (Å²) in [6.07, 6.45) is 7.19. The molecular weight excluding hydrogens is 212 g/mol. The van der Waals surface area contributed by atoms with Gasteiger partial charge < -0.3 is 11.1 Å². The van der Waals surface area contributed by atoms with Crippen LogP contribution in [-0.4, -0.2) is 19.0 Å². The lowest BCUT2D eigenvalue weighted by molar-refractivity contribution is -0.122. The van der Waals surface area contributed by atoms with Crippen molar-refractivity contribution in [2.75, 3.05) is 13.1 Å². The third kappa shape index (κ3) is 3.21. The summed E-state index contributed by atoms with van der Waals surface area (Å²) in [5.74, 6) is 3.18. The highest BCUT2D eigenvalue weighted by Crippen LogP contribution is 2.47. The number of rotatable bonds is 6. The second-order valence-electron chi connectivity index (χ2n) is 5.95. The third-order valence-corrected chi connectivity index (χ3v) is 4.83. The molecular formula is C14H26N2O. The fourth-order valence-corrected chi connectivity index (χ4v) is 3.60. The van der Waals surface area contributed by atoms with Gasteiger partial charge in [-0.05, 0) is 49.5 Å². The van der Waals surface area contributed by atoms with Crippen molar-refractivity contribution in [3.8, 4) is 0 Å². The van der Waals surface area contributed by atoms with E-state index in [1.54, 1.807) is 0 Å². The first kappa shape index (κ1) is 12.9. The van der Waals surface area contributed by atoms with Gasteiger partial charge in [-0.15, -0.1) is 0 Å².